The number of carbonyl (C=O) groups is 1. The van der Waals surface area contributed by atoms with Crippen molar-refractivity contribution >= 4 is 23.6 Å². The Hall–Kier alpha value is -3.02. The van der Waals surface area contributed by atoms with Gasteiger partial charge in [-0.05, 0) is 36.4 Å². The lowest BCUT2D eigenvalue weighted by atomic mass is 10.2. The zero-order valence-electron chi connectivity index (χ0n) is 10.5. The van der Waals surface area contributed by atoms with E-state index >= 15 is 0 Å². The van der Waals surface area contributed by atoms with Gasteiger partial charge in [-0.15, -0.1) is 0 Å². The number of nitrogens with two attached hydrogens (primary N) is 2. The summed E-state index contributed by atoms with van der Waals surface area (Å²) in [5.74, 6) is 0.0941. The van der Waals surface area contributed by atoms with Gasteiger partial charge in [0, 0.05) is 18.0 Å². The summed E-state index contributed by atoms with van der Waals surface area (Å²) in [5.41, 5.74) is 12.4. The molecule has 0 radical (unpaired) electrons. The number of nitrogen functional groups attached to an aromatic ring is 2. The van der Waals surface area contributed by atoms with Crippen molar-refractivity contribution < 1.29 is 14.6 Å². The maximum atomic E-state index is 10.6. The fourth-order valence-electron chi connectivity index (χ4n) is 1.54. The molecule has 0 fully saturated rings. The predicted octanol–water partition coefficient (Wildman–Crippen LogP) is 2.14. The number of ether oxygens (including phenoxy) is 1. The van der Waals surface area contributed by atoms with Gasteiger partial charge in [0.25, 0.3) is 0 Å². The summed E-state index contributed by atoms with van der Waals surface area (Å²) in [4.78, 5) is 14.5. The molecule has 0 saturated heterocycles. The Balaban J connectivity index is 2.33. The van der Waals surface area contributed by atoms with Crippen LogP contribution in [0.3, 0.4) is 0 Å². The minimum absolute atomic E-state index is 0.190. The predicted molar refractivity (Wildman–Crippen MR) is 76.2 cm³/mol. The van der Waals surface area contributed by atoms with E-state index in [4.69, 9.17) is 21.3 Å². The smallest absolute Gasteiger partial charge is 0.328 e. The Morgan fingerprint density at radius 2 is 1.90 bits per heavy atom. The minimum atomic E-state index is -1.08. The summed E-state index contributed by atoms with van der Waals surface area (Å²) in [6.45, 7) is 0. The highest BCUT2D eigenvalue weighted by Crippen LogP contribution is 2.29. The van der Waals surface area contributed by atoms with Crippen LogP contribution in [0.15, 0.2) is 42.6 Å². The third-order valence-electron chi connectivity index (χ3n) is 2.48. The lowest BCUT2D eigenvalue weighted by molar-refractivity contribution is -0.131. The number of nitrogens with zero attached hydrogens (tertiary/aromatic N) is 1. The molecular formula is C14H13N3O3. The van der Waals surface area contributed by atoms with Crippen molar-refractivity contribution in [1.29, 1.82) is 0 Å². The lowest BCUT2D eigenvalue weighted by Crippen LogP contribution is -1.97. The second kappa shape index (κ2) is 5.75. The number of rotatable bonds is 4. The first kappa shape index (κ1) is 13.4. The van der Waals surface area contributed by atoms with Gasteiger partial charge in [-0.25, -0.2) is 9.78 Å². The number of hydrogen-bond acceptors (Lipinski definition) is 5. The van der Waals surface area contributed by atoms with E-state index in [1.165, 1.54) is 12.3 Å². The van der Waals surface area contributed by atoms with Crippen LogP contribution in [-0.2, 0) is 4.79 Å². The first-order chi connectivity index (χ1) is 9.56. The summed E-state index contributed by atoms with van der Waals surface area (Å²) < 4.78 is 5.66. The first-order valence-corrected chi connectivity index (χ1v) is 5.75. The van der Waals surface area contributed by atoms with Gasteiger partial charge in [0.05, 0.1) is 5.56 Å². The van der Waals surface area contributed by atoms with E-state index in [1.807, 2.05) is 0 Å². The molecule has 6 nitrogen and oxygen atoms in total. The average molecular weight is 271 g/mol. The monoisotopic (exact) mass is 271 g/mol. The van der Waals surface area contributed by atoms with E-state index in [0.717, 1.165) is 6.08 Å². The first-order valence-electron chi connectivity index (χ1n) is 5.75. The van der Waals surface area contributed by atoms with E-state index in [-0.39, 0.29) is 5.82 Å². The van der Waals surface area contributed by atoms with Gasteiger partial charge in [0.1, 0.15) is 17.3 Å². The maximum Gasteiger partial charge on any atom is 0.328 e. The van der Waals surface area contributed by atoms with E-state index < -0.39 is 5.97 Å². The Kier molecular flexibility index (Phi) is 3.85. The number of pyridine rings is 1. The molecule has 1 aromatic heterocycles. The number of aliphatic carboxylic acids is 1. The van der Waals surface area contributed by atoms with Crippen LogP contribution in [-0.4, -0.2) is 16.1 Å². The van der Waals surface area contributed by atoms with Crippen molar-refractivity contribution in [2.24, 2.45) is 0 Å². The van der Waals surface area contributed by atoms with Crippen LogP contribution < -0.4 is 16.2 Å². The van der Waals surface area contributed by atoms with Crippen molar-refractivity contribution in [3.8, 4) is 11.5 Å². The van der Waals surface area contributed by atoms with Crippen LogP contribution in [0.1, 0.15) is 5.56 Å². The second-order valence-electron chi connectivity index (χ2n) is 3.95. The number of aromatic nitrogens is 1. The summed E-state index contributed by atoms with van der Waals surface area (Å²) >= 11 is 0. The molecule has 0 unspecified atom stereocenters. The van der Waals surface area contributed by atoms with Crippen LogP contribution in [0.2, 0.25) is 0 Å². The molecule has 0 aliphatic rings. The molecule has 6 heteroatoms. The summed E-state index contributed by atoms with van der Waals surface area (Å²) in [5, 5.41) is 8.67. The fraction of sp³-hybridized carbons (Fsp3) is 0. The third-order valence-corrected chi connectivity index (χ3v) is 2.48. The van der Waals surface area contributed by atoms with Crippen molar-refractivity contribution in [3.63, 3.8) is 0 Å². The molecule has 0 spiro atoms. The molecule has 20 heavy (non-hydrogen) atoms. The normalized spacial score (nSPS) is 10.6. The molecule has 1 heterocycles. The molecule has 0 amide bonds. The standard InChI is InChI=1S/C14H13N3O3/c15-9-1-3-10(4-2-9)20-12-7-8-17-14(16)11(12)5-6-13(18)19/h1-8H,15H2,(H2,16,17)(H,18,19)/b6-5+. The number of carboxylic acids is 1. The highest BCUT2D eigenvalue weighted by Gasteiger charge is 2.07. The fourth-order valence-corrected chi connectivity index (χ4v) is 1.54. The molecule has 0 aliphatic carbocycles. The Morgan fingerprint density at radius 3 is 2.55 bits per heavy atom. The molecule has 5 N–H and O–H groups in total. The zero-order chi connectivity index (χ0) is 14.5. The summed E-state index contributed by atoms with van der Waals surface area (Å²) in [6, 6.07) is 8.42. The van der Waals surface area contributed by atoms with Crippen molar-refractivity contribution in [2.45, 2.75) is 0 Å². The van der Waals surface area contributed by atoms with Crippen LogP contribution >= 0.6 is 0 Å². The van der Waals surface area contributed by atoms with Crippen molar-refractivity contribution in [2.75, 3.05) is 11.5 Å². The molecule has 0 bridgehead atoms. The second-order valence-corrected chi connectivity index (χ2v) is 3.95. The molecule has 0 atom stereocenters. The maximum absolute atomic E-state index is 10.6. The van der Waals surface area contributed by atoms with E-state index in [2.05, 4.69) is 4.98 Å². The van der Waals surface area contributed by atoms with Gasteiger partial charge in [-0.2, -0.15) is 0 Å². The van der Waals surface area contributed by atoms with Gasteiger partial charge in [-0.1, -0.05) is 0 Å². The topological polar surface area (TPSA) is 111 Å². The van der Waals surface area contributed by atoms with Gasteiger partial charge in [0.15, 0.2) is 0 Å². The van der Waals surface area contributed by atoms with Crippen LogP contribution in [0.4, 0.5) is 11.5 Å². The lowest BCUT2D eigenvalue weighted by Gasteiger charge is -2.10. The highest BCUT2D eigenvalue weighted by atomic mass is 16.5. The molecule has 2 aromatic rings. The number of carboxylic acid groups (broad SMARTS) is 1. The number of anilines is 2. The largest absolute Gasteiger partial charge is 0.478 e. The van der Waals surface area contributed by atoms with Gasteiger partial charge in [0.2, 0.25) is 0 Å². The van der Waals surface area contributed by atoms with Gasteiger partial charge >= 0.3 is 5.97 Å². The van der Waals surface area contributed by atoms with Crippen molar-refractivity contribution in [1.82, 2.24) is 4.98 Å². The third kappa shape index (κ3) is 3.26. The van der Waals surface area contributed by atoms with Crippen molar-refractivity contribution in [3.05, 3.63) is 48.2 Å². The number of benzene rings is 1. The van der Waals surface area contributed by atoms with E-state index in [9.17, 15) is 4.79 Å². The van der Waals surface area contributed by atoms with Crippen LogP contribution in [0.25, 0.3) is 6.08 Å². The molecule has 0 saturated carbocycles. The molecule has 102 valence electrons. The van der Waals surface area contributed by atoms with Crippen LogP contribution in [0.5, 0.6) is 11.5 Å². The van der Waals surface area contributed by atoms with E-state index in [1.54, 1.807) is 30.3 Å². The zero-order valence-corrected chi connectivity index (χ0v) is 10.5. The molecular weight excluding hydrogens is 258 g/mol. The highest BCUT2D eigenvalue weighted by molar-refractivity contribution is 5.87. The SMILES string of the molecule is Nc1ccc(Oc2ccnc(N)c2/C=C/C(=O)O)cc1. The summed E-state index contributed by atoms with van der Waals surface area (Å²) in [7, 11) is 0. The molecule has 2 rings (SSSR count). The molecule has 0 aliphatic heterocycles. The van der Waals surface area contributed by atoms with Gasteiger partial charge in [-0.3, -0.25) is 0 Å². The Bertz CT molecular complexity index is 651. The molecule has 1 aromatic carbocycles. The van der Waals surface area contributed by atoms with Gasteiger partial charge < -0.3 is 21.3 Å². The Morgan fingerprint density at radius 1 is 1.20 bits per heavy atom. The van der Waals surface area contributed by atoms with E-state index in [0.29, 0.717) is 22.7 Å². The Labute approximate surface area is 115 Å². The minimum Gasteiger partial charge on any atom is -0.478 e. The average Bonchev–Trinajstić information content (AvgIpc) is 2.40. The quantitative estimate of drug-likeness (QED) is 0.580. The number of hydrogen-bond donors (Lipinski definition) is 3. The summed E-state index contributed by atoms with van der Waals surface area (Å²) in [6.07, 6.45) is 3.81. The van der Waals surface area contributed by atoms with Crippen LogP contribution in [0, 0.1) is 0 Å².